The molecule has 1 aromatic heterocycles. The predicted octanol–water partition coefficient (Wildman–Crippen LogP) is 0.949. The van der Waals surface area contributed by atoms with Gasteiger partial charge in [-0.1, -0.05) is 6.92 Å². The number of hydrogen-bond acceptors (Lipinski definition) is 5. The summed E-state index contributed by atoms with van der Waals surface area (Å²) in [7, 11) is -4.78. The van der Waals surface area contributed by atoms with Crippen molar-refractivity contribution in [3.63, 3.8) is 0 Å². The molecule has 0 aliphatic carbocycles. The molecular weight excluding hydrogens is 298 g/mol. The molecule has 0 aromatic carbocycles. The molecule has 0 spiro atoms. The van der Waals surface area contributed by atoms with Crippen molar-refractivity contribution in [2.24, 2.45) is 0 Å². The number of hydrogen-bond donors (Lipinski definition) is 2. The highest BCUT2D eigenvalue weighted by atomic mass is 32.2. The van der Waals surface area contributed by atoms with Crippen LogP contribution in [-0.4, -0.2) is 42.2 Å². The first kappa shape index (κ1) is 17.1. The molecule has 20 heavy (non-hydrogen) atoms. The van der Waals surface area contributed by atoms with E-state index in [4.69, 9.17) is 0 Å². The van der Waals surface area contributed by atoms with Crippen LogP contribution in [0.2, 0.25) is 0 Å². The molecule has 1 aromatic rings. The molecule has 0 aliphatic heterocycles. The zero-order chi connectivity index (χ0) is 15.2. The van der Waals surface area contributed by atoms with Crippen LogP contribution < -0.4 is 10.0 Å². The van der Waals surface area contributed by atoms with E-state index in [-0.39, 0.29) is 16.8 Å². The number of aromatic nitrogens is 1. The highest BCUT2D eigenvalue weighted by Gasteiger charge is 2.21. The highest BCUT2D eigenvalue weighted by Crippen LogP contribution is 2.17. The fourth-order valence-corrected chi connectivity index (χ4v) is 3.07. The molecule has 0 fully saturated rings. The molecule has 0 amide bonds. The minimum absolute atomic E-state index is 0.0254. The highest BCUT2D eigenvalue weighted by molar-refractivity contribution is 7.89. The Morgan fingerprint density at radius 1 is 1.45 bits per heavy atom. The van der Waals surface area contributed by atoms with Gasteiger partial charge in [0.05, 0.1) is 5.69 Å². The van der Waals surface area contributed by atoms with Gasteiger partial charge in [-0.15, -0.1) is 0 Å². The van der Waals surface area contributed by atoms with E-state index in [0.717, 1.165) is 6.42 Å². The lowest BCUT2D eigenvalue weighted by Crippen LogP contribution is -2.33. The Kier molecular flexibility index (Phi) is 6.57. The fourth-order valence-electron chi connectivity index (χ4n) is 1.41. The number of nitrogens with zero attached hydrogens (tertiary/aromatic N) is 1. The second-order valence-corrected chi connectivity index (χ2v) is 7.93. The van der Waals surface area contributed by atoms with E-state index in [1.807, 2.05) is 6.92 Å². The molecule has 1 rings (SSSR count). The molecule has 114 valence electrons. The number of anilines is 1. The van der Waals surface area contributed by atoms with Crippen LogP contribution in [0.5, 0.6) is 0 Å². The first-order valence-electron chi connectivity index (χ1n) is 6.39. The lowest BCUT2D eigenvalue weighted by atomic mass is 10.4. The molecule has 8 heteroatoms. The van der Waals surface area contributed by atoms with Gasteiger partial charge in [-0.05, 0) is 25.5 Å². The topological polar surface area (TPSA) is 88.2 Å². The number of sulfonamides is 1. The standard InChI is InChI=1S/C12H21N3O3S2/c1-4-7-13-11-6-5-8-14-12(11)20(17,18)15-9-10(2)19(3)16/h5-6,8,10,13,15H,4,7,9H2,1-3H3. The Morgan fingerprint density at radius 3 is 2.75 bits per heavy atom. The minimum Gasteiger partial charge on any atom is -0.383 e. The predicted molar refractivity (Wildman–Crippen MR) is 81.7 cm³/mol. The maximum atomic E-state index is 12.2. The second-order valence-electron chi connectivity index (χ2n) is 4.44. The van der Waals surface area contributed by atoms with E-state index in [2.05, 4.69) is 15.0 Å². The van der Waals surface area contributed by atoms with Crippen molar-refractivity contribution in [1.82, 2.24) is 9.71 Å². The first-order valence-corrected chi connectivity index (χ1v) is 9.49. The monoisotopic (exact) mass is 319 g/mol. The molecule has 2 N–H and O–H groups in total. The van der Waals surface area contributed by atoms with Crippen LogP contribution in [0, 0.1) is 0 Å². The van der Waals surface area contributed by atoms with Gasteiger partial charge in [0.1, 0.15) is 0 Å². The molecular formula is C12H21N3O3S2. The smallest absolute Gasteiger partial charge is 0.260 e. The largest absolute Gasteiger partial charge is 0.383 e. The van der Waals surface area contributed by atoms with Gasteiger partial charge in [-0.2, -0.15) is 0 Å². The summed E-state index contributed by atoms with van der Waals surface area (Å²) < 4.78 is 38.2. The maximum Gasteiger partial charge on any atom is 0.260 e. The summed E-state index contributed by atoms with van der Waals surface area (Å²) >= 11 is 0. The maximum absolute atomic E-state index is 12.2. The zero-order valence-corrected chi connectivity index (χ0v) is 13.6. The molecule has 2 unspecified atom stereocenters. The quantitative estimate of drug-likeness (QED) is 0.745. The molecule has 6 nitrogen and oxygen atoms in total. The molecule has 0 radical (unpaired) electrons. The van der Waals surface area contributed by atoms with Crippen LogP contribution in [0.15, 0.2) is 23.4 Å². The van der Waals surface area contributed by atoms with Crippen molar-refractivity contribution in [3.05, 3.63) is 18.3 Å². The minimum atomic E-state index is -3.71. The van der Waals surface area contributed by atoms with E-state index in [1.165, 1.54) is 6.20 Å². The van der Waals surface area contributed by atoms with E-state index in [1.54, 1.807) is 25.3 Å². The van der Waals surface area contributed by atoms with Gasteiger partial charge < -0.3 is 5.32 Å². The van der Waals surface area contributed by atoms with Crippen molar-refractivity contribution < 1.29 is 12.6 Å². The average Bonchev–Trinajstić information content (AvgIpc) is 2.42. The summed E-state index contributed by atoms with van der Waals surface area (Å²) in [6.45, 7) is 4.51. The normalized spacial score (nSPS) is 14.8. The Bertz CT molecular complexity index is 561. The van der Waals surface area contributed by atoms with Crippen LogP contribution in [0.4, 0.5) is 5.69 Å². The van der Waals surface area contributed by atoms with Gasteiger partial charge in [-0.25, -0.2) is 18.1 Å². The van der Waals surface area contributed by atoms with Crippen molar-refractivity contribution >= 4 is 26.5 Å². The van der Waals surface area contributed by atoms with E-state index in [9.17, 15) is 12.6 Å². The van der Waals surface area contributed by atoms with Crippen LogP contribution in [0.1, 0.15) is 20.3 Å². The summed E-state index contributed by atoms with van der Waals surface area (Å²) in [5.41, 5.74) is 0.479. The lowest BCUT2D eigenvalue weighted by Gasteiger charge is -2.13. The van der Waals surface area contributed by atoms with Gasteiger partial charge >= 0.3 is 0 Å². The van der Waals surface area contributed by atoms with E-state index in [0.29, 0.717) is 12.2 Å². The van der Waals surface area contributed by atoms with Crippen molar-refractivity contribution in [1.29, 1.82) is 0 Å². The Balaban J connectivity index is 2.89. The van der Waals surface area contributed by atoms with Crippen molar-refractivity contribution in [2.45, 2.75) is 30.5 Å². The van der Waals surface area contributed by atoms with Crippen LogP contribution >= 0.6 is 0 Å². The molecule has 0 saturated heterocycles. The average molecular weight is 319 g/mol. The van der Waals surface area contributed by atoms with Crippen molar-refractivity contribution in [3.8, 4) is 0 Å². The Labute approximate surface area is 122 Å². The van der Waals surface area contributed by atoms with Crippen LogP contribution in [-0.2, 0) is 20.8 Å². The molecule has 0 saturated carbocycles. The summed E-state index contributed by atoms with van der Waals surface area (Å²) in [5, 5.41) is 2.76. The second kappa shape index (κ2) is 7.70. The van der Waals surface area contributed by atoms with Gasteiger partial charge in [-0.3, -0.25) is 4.21 Å². The van der Waals surface area contributed by atoms with Crippen LogP contribution in [0.3, 0.4) is 0 Å². The number of rotatable bonds is 8. The van der Waals surface area contributed by atoms with Gasteiger partial charge in [0.25, 0.3) is 10.0 Å². The van der Waals surface area contributed by atoms with Gasteiger partial charge in [0.2, 0.25) is 0 Å². The molecule has 0 bridgehead atoms. The molecule has 0 aliphatic rings. The fraction of sp³-hybridized carbons (Fsp3) is 0.583. The third-order valence-electron chi connectivity index (χ3n) is 2.72. The third kappa shape index (κ3) is 4.84. The Morgan fingerprint density at radius 2 is 2.15 bits per heavy atom. The van der Waals surface area contributed by atoms with Gasteiger partial charge in [0.15, 0.2) is 5.03 Å². The first-order chi connectivity index (χ1) is 9.38. The number of pyridine rings is 1. The van der Waals surface area contributed by atoms with Gasteiger partial charge in [0, 0.05) is 41.6 Å². The molecule has 1 heterocycles. The summed E-state index contributed by atoms with van der Waals surface area (Å²) in [6, 6.07) is 3.36. The summed E-state index contributed by atoms with van der Waals surface area (Å²) in [6.07, 6.45) is 3.87. The third-order valence-corrected chi connectivity index (χ3v) is 5.40. The Hall–Kier alpha value is -0.990. The summed E-state index contributed by atoms with van der Waals surface area (Å²) in [4.78, 5) is 3.94. The number of nitrogens with one attached hydrogen (secondary N) is 2. The zero-order valence-electron chi connectivity index (χ0n) is 11.9. The molecule has 2 atom stereocenters. The summed E-state index contributed by atoms with van der Waals surface area (Å²) in [5.74, 6) is 0. The van der Waals surface area contributed by atoms with Crippen LogP contribution in [0.25, 0.3) is 0 Å². The SMILES string of the molecule is CCCNc1cccnc1S(=O)(=O)NCC(C)S(C)=O. The van der Waals surface area contributed by atoms with E-state index >= 15 is 0 Å². The van der Waals surface area contributed by atoms with E-state index < -0.39 is 20.8 Å². The lowest BCUT2D eigenvalue weighted by molar-refractivity contribution is 0.577. The van der Waals surface area contributed by atoms with Crippen molar-refractivity contribution in [2.75, 3.05) is 24.7 Å².